The van der Waals surface area contributed by atoms with Crippen LogP contribution in [-0.4, -0.2) is 32.8 Å². The van der Waals surface area contributed by atoms with Crippen molar-refractivity contribution in [1.82, 2.24) is 15.1 Å². The van der Waals surface area contributed by atoms with Crippen molar-refractivity contribution in [3.8, 4) is 0 Å². The fourth-order valence-corrected chi connectivity index (χ4v) is 2.66. The SMILES string of the molecule is C/C=C/CC(NC(=O)c1ccnn1C1CCCC1)C(=O)O. The Balaban J connectivity index is 2.08. The molecule has 1 aromatic heterocycles. The molecule has 2 N–H and O–H groups in total. The minimum atomic E-state index is -1.03. The third-order valence-electron chi connectivity index (χ3n) is 3.78. The van der Waals surface area contributed by atoms with Crippen molar-refractivity contribution in [3.63, 3.8) is 0 Å². The van der Waals surface area contributed by atoms with Gasteiger partial charge in [0.1, 0.15) is 11.7 Å². The van der Waals surface area contributed by atoms with E-state index in [-0.39, 0.29) is 18.4 Å². The fourth-order valence-electron chi connectivity index (χ4n) is 2.66. The van der Waals surface area contributed by atoms with Crippen molar-refractivity contribution in [1.29, 1.82) is 0 Å². The molecule has 1 atom stereocenters. The first-order valence-corrected chi connectivity index (χ1v) is 7.31. The summed E-state index contributed by atoms with van der Waals surface area (Å²) < 4.78 is 1.73. The first-order valence-electron chi connectivity index (χ1n) is 7.31. The maximum Gasteiger partial charge on any atom is 0.326 e. The minimum absolute atomic E-state index is 0.250. The number of rotatable bonds is 6. The summed E-state index contributed by atoms with van der Waals surface area (Å²) in [7, 11) is 0. The molecule has 0 aromatic carbocycles. The van der Waals surface area contributed by atoms with Crippen LogP contribution in [0.5, 0.6) is 0 Å². The Kier molecular flexibility index (Phi) is 5.14. The summed E-state index contributed by atoms with van der Waals surface area (Å²) in [6.07, 6.45) is 9.68. The molecular formula is C15H21N3O3. The topological polar surface area (TPSA) is 84.2 Å². The minimum Gasteiger partial charge on any atom is -0.480 e. The maximum atomic E-state index is 12.3. The number of amides is 1. The Morgan fingerprint density at radius 1 is 1.52 bits per heavy atom. The van der Waals surface area contributed by atoms with Gasteiger partial charge in [0.05, 0.1) is 6.04 Å². The zero-order valence-electron chi connectivity index (χ0n) is 12.2. The summed E-state index contributed by atoms with van der Waals surface area (Å²) in [5.41, 5.74) is 0.439. The van der Waals surface area contributed by atoms with Gasteiger partial charge in [-0.3, -0.25) is 9.48 Å². The molecule has 21 heavy (non-hydrogen) atoms. The van der Waals surface area contributed by atoms with Gasteiger partial charge in [-0.15, -0.1) is 0 Å². The molecule has 1 fully saturated rings. The number of carbonyl (C=O) groups is 2. The van der Waals surface area contributed by atoms with E-state index in [1.807, 2.05) is 6.92 Å². The highest BCUT2D eigenvalue weighted by Crippen LogP contribution is 2.29. The monoisotopic (exact) mass is 291 g/mol. The van der Waals surface area contributed by atoms with Gasteiger partial charge in [0.2, 0.25) is 0 Å². The van der Waals surface area contributed by atoms with Gasteiger partial charge in [-0.1, -0.05) is 25.0 Å². The smallest absolute Gasteiger partial charge is 0.326 e. The van der Waals surface area contributed by atoms with Gasteiger partial charge in [0.15, 0.2) is 0 Å². The molecule has 0 aliphatic heterocycles. The van der Waals surface area contributed by atoms with Crippen molar-refractivity contribution in [2.24, 2.45) is 0 Å². The number of carboxylic acid groups (broad SMARTS) is 1. The van der Waals surface area contributed by atoms with Crippen LogP contribution in [-0.2, 0) is 4.79 Å². The standard InChI is InChI=1S/C15H21N3O3/c1-2-3-8-12(15(20)21)17-14(19)13-9-10-16-18(13)11-6-4-5-7-11/h2-3,9-12H,4-8H2,1H3,(H,17,19)(H,20,21)/b3-2+. The van der Waals surface area contributed by atoms with E-state index in [1.165, 1.54) is 0 Å². The number of carboxylic acids is 1. The van der Waals surface area contributed by atoms with Gasteiger partial charge < -0.3 is 10.4 Å². The Morgan fingerprint density at radius 2 is 2.24 bits per heavy atom. The van der Waals surface area contributed by atoms with Gasteiger partial charge in [0.25, 0.3) is 5.91 Å². The second-order valence-electron chi connectivity index (χ2n) is 5.27. The van der Waals surface area contributed by atoms with E-state index in [2.05, 4.69) is 10.4 Å². The molecule has 1 aliphatic carbocycles. The largest absolute Gasteiger partial charge is 0.480 e. The molecule has 2 rings (SSSR count). The number of aliphatic carboxylic acids is 1. The molecule has 6 heteroatoms. The molecule has 6 nitrogen and oxygen atoms in total. The summed E-state index contributed by atoms with van der Waals surface area (Å²) >= 11 is 0. The Hall–Kier alpha value is -2.11. The number of carbonyl (C=O) groups excluding carboxylic acids is 1. The van der Waals surface area contributed by atoms with Crippen molar-refractivity contribution in [2.75, 3.05) is 0 Å². The van der Waals surface area contributed by atoms with Gasteiger partial charge in [-0.2, -0.15) is 5.10 Å². The van der Waals surface area contributed by atoms with Crippen LogP contribution in [0.4, 0.5) is 0 Å². The average molecular weight is 291 g/mol. The summed E-state index contributed by atoms with van der Waals surface area (Å²) in [6, 6.07) is 0.975. The molecule has 1 saturated carbocycles. The van der Waals surface area contributed by atoms with Crippen LogP contribution in [0, 0.1) is 0 Å². The van der Waals surface area contributed by atoms with Crippen molar-refractivity contribution in [2.45, 2.75) is 51.1 Å². The number of hydrogen-bond acceptors (Lipinski definition) is 3. The van der Waals surface area contributed by atoms with Crippen molar-refractivity contribution >= 4 is 11.9 Å². The third kappa shape index (κ3) is 3.71. The zero-order chi connectivity index (χ0) is 15.2. The number of hydrogen-bond donors (Lipinski definition) is 2. The fraction of sp³-hybridized carbons (Fsp3) is 0.533. The van der Waals surface area contributed by atoms with Gasteiger partial charge in [-0.25, -0.2) is 4.79 Å². The molecule has 0 radical (unpaired) electrons. The highest BCUT2D eigenvalue weighted by molar-refractivity contribution is 5.95. The van der Waals surface area contributed by atoms with E-state index in [4.69, 9.17) is 5.11 Å². The molecule has 114 valence electrons. The molecule has 1 aliphatic rings. The highest BCUT2D eigenvalue weighted by Gasteiger charge is 2.25. The molecule has 1 amide bonds. The third-order valence-corrected chi connectivity index (χ3v) is 3.78. The second kappa shape index (κ2) is 7.06. The normalized spacial score (nSPS) is 17.2. The van der Waals surface area contributed by atoms with Crippen LogP contribution in [0.25, 0.3) is 0 Å². The summed E-state index contributed by atoms with van der Waals surface area (Å²) in [5, 5.41) is 16.0. The Bertz CT molecular complexity index is 530. The zero-order valence-corrected chi connectivity index (χ0v) is 12.2. The van der Waals surface area contributed by atoms with E-state index in [9.17, 15) is 9.59 Å². The molecular weight excluding hydrogens is 270 g/mol. The van der Waals surface area contributed by atoms with Gasteiger partial charge in [0, 0.05) is 6.20 Å². The molecule has 0 bridgehead atoms. The van der Waals surface area contributed by atoms with E-state index >= 15 is 0 Å². The molecule has 1 aromatic rings. The molecule has 0 spiro atoms. The molecule has 1 unspecified atom stereocenters. The predicted molar refractivity (Wildman–Crippen MR) is 78.1 cm³/mol. The molecule has 0 saturated heterocycles. The molecule has 1 heterocycles. The maximum absolute atomic E-state index is 12.3. The number of nitrogens with zero attached hydrogens (tertiary/aromatic N) is 2. The number of aromatic nitrogens is 2. The Morgan fingerprint density at radius 3 is 2.86 bits per heavy atom. The number of allylic oxidation sites excluding steroid dienone is 1. The predicted octanol–water partition coefficient (Wildman–Crippen LogP) is 2.15. The summed E-state index contributed by atoms with van der Waals surface area (Å²) in [5.74, 6) is -1.41. The summed E-state index contributed by atoms with van der Waals surface area (Å²) in [4.78, 5) is 23.5. The van der Waals surface area contributed by atoms with Crippen LogP contribution in [0.1, 0.15) is 55.6 Å². The average Bonchev–Trinajstić information content (AvgIpc) is 3.11. The van der Waals surface area contributed by atoms with Crippen molar-refractivity contribution in [3.05, 3.63) is 30.1 Å². The summed E-state index contributed by atoms with van der Waals surface area (Å²) in [6.45, 7) is 1.82. The van der Waals surface area contributed by atoms with E-state index in [0.717, 1.165) is 25.7 Å². The lowest BCUT2D eigenvalue weighted by atomic mass is 10.2. The van der Waals surface area contributed by atoms with Crippen molar-refractivity contribution < 1.29 is 14.7 Å². The van der Waals surface area contributed by atoms with Crippen LogP contribution in [0.2, 0.25) is 0 Å². The van der Waals surface area contributed by atoms with E-state index in [1.54, 1.807) is 29.1 Å². The van der Waals surface area contributed by atoms with Gasteiger partial charge in [-0.05, 0) is 32.3 Å². The lowest BCUT2D eigenvalue weighted by molar-refractivity contribution is -0.139. The van der Waals surface area contributed by atoms with E-state index < -0.39 is 12.0 Å². The van der Waals surface area contributed by atoms with Crippen LogP contribution < -0.4 is 5.32 Å². The van der Waals surface area contributed by atoms with Crippen LogP contribution in [0.3, 0.4) is 0 Å². The first kappa shape index (κ1) is 15.3. The lowest BCUT2D eigenvalue weighted by Gasteiger charge is -2.16. The first-order chi connectivity index (χ1) is 10.1. The van der Waals surface area contributed by atoms with Crippen LogP contribution in [0.15, 0.2) is 24.4 Å². The lowest BCUT2D eigenvalue weighted by Crippen LogP contribution is -2.41. The quantitative estimate of drug-likeness (QED) is 0.786. The Labute approximate surface area is 123 Å². The van der Waals surface area contributed by atoms with E-state index in [0.29, 0.717) is 5.69 Å². The second-order valence-corrected chi connectivity index (χ2v) is 5.27. The van der Waals surface area contributed by atoms with Gasteiger partial charge >= 0.3 is 5.97 Å². The highest BCUT2D eigenvalue weighted by atomic mass is 16.4. The number of nitrogens with one attached hydrogen (secondary N) is 1. The van der Waals surface area contributed by atoms with Crippen LogP contribution >= 0.6 is 0 Å².